The van der Waals surface area contributed by atoms with Crippen molar-refractivity contribution in [2.75, 3.05) is 13.7 Å². The number of benzene rings is 1. The van der Waals surface area contributed by atoms with E-state index < -0.39 is 11.9 Å². The standard InChI is InChI=1S/C23H28FN3O4/c1-14(27-23(28)29-2)16-5-8-18(9-6-16)31-19-10-7-17(11-19)21-20(24)22(26-13-25-21)30-12-15-3-4-15/h5-6,8-9,13-15,17,19H,3-4,7,10-12H2,1-2H3,(H,27,28)/t14-,17?,19+/m0/s1. The van der Waals surface area contributed by atoms with Crippen LogP contribution >= 0.6 is 0 Å². The molecule has 2 fully saturated rings. The van der Waals surface area contributed by atoms with Crippen molar-refractivity contribution in [3.63, 3.8) is 0 Å². The number of carbonyl (C=O) groups excluding carboxylic acids is 1. The maximum atomic E-state index is 14.9. The van der Waals surface area contributed by atoms with Crippen LogP contribution in [0.25, 0.3) is 0 Å². The molecule has 2 aliphatic carbocycles. The number of halogens is 1. The van der Waals surface area contributed by atoms with Crippen molar-refractivity contribution in [3.05, 3.63) is 47.7 Å². The molecule has 2 saturated carbocycles. The lowest BCUT2D eigenvalue weighted by Crippen LogP contribution is -2.26. The number of nitrogens with one attached hydrogen (secondary N) is 1. The lowest BCUT2D eigenvalue weighted by molar-refractivity contribution is 0.167. The molecule has 0 bridgehead atoms. The maximum Gasteiger partial charge on any atom is 0.407 e. The average Bonchev–Trinajstić information content (AvgIpc) is 3.50. The molecule has 1 amide bonds. The zero-order chi connectivity index (χ0) is 21.8. The zero-order valence-electron chi connectivity index (χ0n) is 17.8. The molecule has 8 heteroatoms. The van der Waals surface area contributed by atoms with Crippen molar-refractivity contribution in [1.82, 2.24) is 15.3 Å². The van der Waals surface area contributed by atoms with Crippen molar-refractivity contribution in [2.24, 2.45) is 5.92 Å². The van der Waals surface area contributed by atoms with Gasteiger partial charge in [-0.3, -0.25) is 0 Å². The average molecular weight is 429 g/mol. The Morgan fingerprint density at radius 3 is 2.68 bits per heavy atom. The van der Waals surface area contributed by atoms with E-state index in [1.807, 2.05) is 31.2 Å². The fourth-order valence-electron chi connectivity index (χ4n) is 3.88. The Morgan fingerprint density at radius 2 is 1.97 bits per heavy atom. The fourth-order valence-corrected chi connectivity index (χ4v) is 3.88. The second-order valence-corrected chi connectivity index (χ2v) is 8.31. The quantitative estimate of drug-likeness (QED) is 0.664. The van der Waals surface area contributed by atoms with E-state index in [2.05, 4.69) is 20.0 Å². The van der Waals surface area contributed by atoms with Crippen LogP contribution in [0.3, 0.4) is 0 Å². The number of hydrogen-bond donors (Lipinski definition) is 1. The Balaban J connectivity index is 1.33. The molecule has 4 rings (SSSR count). The van der Waals surface area contributed by atoms with E-state index in [0.29, 0.717) is 24.6 Å². The van der Waals surface area contributed by atoms with Crippen molar-refractivity contribution < 1.29 is 23.4 Å². The molecule has 1 heterocycles. The van der Waals surface area contributed by atoms with Crippen LogP contribution in [0.15, 0.2) is 30.6 Å². The molecule has 0 aliphatic heterocycles. The van der Waals surface area contributed by atoms with Crippen LogP contribution < -0.4 is 14.8 Å². The first-order valence-corrected chi connectivity index (χ1v) is 10.8. The van der Waals surface area contributed by atoms with Gasteiger partial charge in [-0.15, -0.1) is 0 Å². The van der Waals surface area contributed by atoms with Crippen LogP contribution in [0.1, 0.15) is 62.2 Å². The Labute approximate surface area is 181 Å². The van der Waals surface area contributed by atoms with E-state index in [9.17, 15) is 9.18 Å². The highest BCUT2D eigenvalue weighted by Crippen LogP contribution is 2.38. The molecule has 1 N–H and O–H groups in total. The van der Waals surface area contributed by atoms with E-state index in [0.717, 1.165) is 37.0 Å². The molecule has 0 spiro atoms. The topological polar surface area (TPSA) is 82.6 Å². The first kappa shape index (κ1) is 21.3. The van der Waals surface area contributed by atoms with Crippen LogP contribution in [0.5, 0.6) is 11.6 Å². The molecular formula is C23H28FN3O4. The SMILES string of the molecule is COC(=O)N[C@@H](C)c1ccc(O[C@@H]2CCC(c3ncnc(OCC4CC4)c3F)C2)cc1. The van der Waals surface area contributed by atoms with E-state index in [1.54, 1.807) is 0 Å². The molecule has 2 aliphatic rings. The van der Waals surface area contributed by atoms with Crippen LogP contribution in [0, 0.1) is 11.7 Å². The molecule has 3 atom stereocenters. The number of aromatic nitrogens is 2. The third kappa shape index (κ3) is 5.42. The summed E-state index contributed by atoms with van der Waals surface area (Å²) in [6.07, 6.45) is 5.52. The predicted octanol–water partition coefficient (Wildman–Crippen LogP) is 4.54. The molecule has 1 aromatic carbocycles. The monoisotopic (exact) mass is 429 g/mol. The second kappa shape index (κ2) is 9.49. The lowest BCUT2D eigenvalue weighted by Gasteiger charge is -2.17. The largest absolute Gasteiger partial charge is 0.490 e. The van der Waals surface area contributed by atoms with Gasteiger partial charge in [-0.1, -0.05) is 12.1 Å². The van der Waals surface area contributed by atoms with Gasteiger partial charge in [0.25, 0.3) is 5.88 Å². The summed E-state index contributed by atoms with van der Waals surface area (Å²) in [5.74, 6) is 0.889. The number of hydrogen-bond acceptors (Lipinski definition) is 6. The molecule has 1 unspecified atom stereocenters. The molecule has 0 saturated heterocycles. The third-order valence-corrected chi connectivity index (χ3v) is 5.91. The van der Waals surface area contributed by atoms with E-state index in [1.165, 1.54) is 13.4 Å². The number of ether oxygens (including phenoxy) is 3. The van der Waals surface area contributed by atoms with Gasteiger partial charge in [-0.05, 0) is 62.6 Å². The first-order valence-electron chi connectivity index (χ1n) is 10.8. The Hall–Kier alpha value is -2.90. The summed E-state index contributed by atoms with van der Waals surface area (Å²) in [5, 5.41) is 2.73. The van der Waals surface area contributed by atoms with Gasteiger partial charge < -0.3 is 19.5 Å². The first-order chi connectivity index (χ1) is 15.0. The van der Waals surface area contributed by atoms with E-state index in [-0.39, 0.29) is 23.9 Å². The van der Waals surface area contributed by atoms with Gasteiger partial charge in [0.15, 0.2) is 0 Å². The zero-order valence-corrected chi connectivity index (χ0v) is 17.8. The Morgan fingerprint density at radius 1 is 1.19 bits per heavy atom. The molecule has 1 aromatic heterocycles. The molecule has 2 aromatic rings. The highest BCUT2D eigenvalue weighted by atomic mass is 19.1. The highest BCUT2D eigenvalue weighted by molar-refractivity contribution is 5.67. The molecule has 31 heavy (non-hydrogen) atoms. The van der Waals surface area contributed by atoms with Crippen molar-refractivity contribution in [1.29, 1.82) is 0 Å². The number of methoxy groups -OCH3 is 1. The van der Waals surface area contributed by atoms with Gasteiger partial charge in [0, 0.05) is 5.92 Å². The molecule has 166 valence electrons. The minimum absolute atomic E-state index is 0.00772. The lowest BCUT2D eigenvalue weighted by atomic mass is 10.0. The van der Waals surface area contributed by atoms with Crippen LogP contribution in [-0.2, 0) is 4.74 Å². The van der Waals surface area contributed by atoms with E-state index in [4.69, 9.17) is 9.47 Å². The summed E-state index contributed by atoms with van der Waals surface area (Å²) < 4.78 is 31.1. The maximum absolute atomic E-state index is 14.9. The Kier molecular flexibility index (Phi) is 6.53. The molecule has 7 nitrogen and oxygen atoms in total. The third-order valence-electron chi connectivity index (χ3n) is 5.91. The van der Waals surface area contributed by atoms with Crippen LogP contribution in [0.2, 0.25) is 0 Å². The highest BCUT2D eigenvalue weighted by Gasteiger charge is 2.32. The van der Waals surface area contributed by atoms with E-state index >= 15 is 0 Å². The molecule has 0 radical (unpaired) electrons. The Bertz CT molecular complexity index is 904. The summed E-state index contributed by atoms with van der Waals surface area (Å²) >= 11 is 0. The van der Waals surface area contributed by atoms with Gasteiger partial charge in [0.2, 0.25) is 5.82 Å². The number of nitrogens with zero attached hydrogens (tertiary/aromatic N) is 2. The fraction of sp³-hybridized carbons (Fsp3) is 0.522. The van der Waals surface area contributed by atoms with Crippen LogP contribution in [0.4, 0.5) is 9.18 Å². The predicted molar refractivity (Wildman–Crippen MR) is 112 cm³/mol. The number of rotatable bonds is 8. The van der Waals surface area contributed by atoms with Gasteiger partial charge in [0.05, 0.1) is 31.6 Å². The summed E-state index contributed by atoms with van der Waals surface area (Å²) in [5.41, 5.74) is 1.37. The second-order valence-electron chi connectivity index (χ2n) is 8.31. The normalized spacial score (nSPS) is 21.4. The minimum Gasteiger partial charge on any atom is -0.490 e. The van der Waals surface area contributed by atoms with Crippen molar-refractivity contribution in [3.8, 4) is 11.6 Å². The summed E-state index contributed by atoms with van der Waals surface area (Å²) in [4.78, 5) is 19.5. The molecular weight excluding hydrogens is 401 g/mol. The van der Waals surface area contributed by atoms with Gasteiger partial charge in [-0.25, -0.2) is 9.78 Å². The van der Waals surface area contributed by atoms with Crippen molar-refractivity contribution in [2.45, 2.75) is 57.1 Å². The van der Waals surface area contributed by atoms with Gasteiger partial charge in [-0.2, -0.15) is 9.37 Å². The summed E-state index contributed by atoms with van der Waals surface area (Å²) in [6.45, 7) is 2.40. The number of amides is 1. The number of carbonyl (C=O) groups is 1. The minimum atomic E-state index is -0.470. The van der Waals surface area contributed by atoms with Gasteiger partial charge >= 0.3 is 6.09 Å². The van der Waals surface area contributed by atoms with Gasteiger partial charge in [0.1, 0.15) is 12.1 Å². The number of alkyl carbamates (subject to hydrolysis) is 1. The van der Waals surface area contributed by atoms with Crippen molar-refractivity contribution >= 4 is 6.09 Å². The summed E-state index contributed by atoms with van der Waals surface area (Å²) in [6, 6.07) is 7.42. The smallest absolute Gasteiger partial charge is 0.407 e. The van der Waals surface area contributed by atoms with Crippen LogP contribution in [-0.4, -0.2) is 35.9 Å². The summed E-state index contributed by atoms with van der Waals surface area (Å²) in [7, 11) is 1.34.